The largest absolute Gasteiger partial charge is 0.340 e. The zero-order chi connectivity index (χ0) is 16.1. The molecule has 4 heteroatoms. The van der Waals surface area contributed by atoms with E-state index in [0.29, 0.717) is 0 Å². The summed E-state index contributed by atoms with van der Waals surface area (Å²) in [5.74, 6) is 6.45. The van der Waals surface area contributed by atoms with Crippen molar-refractivity contribution < 1.29 is 9.13 Å². The summed E-state index contributed by atoms with van der Waals surface area (Å²) in [5, 5.41) is 1.85. The molecule has 2 N–H and O–H groups in total. The number of nitrogens with zero attached hydrogens (tertiary/aromatic N) is 1. The molecule has 3 nitrogen and oxygen atoms in total. The molecule has 0 amide bonds. The molecule has 1 heterocycles. The third-order valence-electron chi connectivity index (χ3n) is 4.76. The lowest BCUT2D eigenvalue weighted by atomic mass is 9.75. The van der Waals surface area contributed by atoms with Crippen LogP contribution >= 0.6 is 0 Å². The first kappa shape index (κ1) is 16.1. The van der Waals surface area contributed by atoms with Crippen molar-refractivity contribution in [1.29, 1.82) is 0 Å². The van der Waals surface area contributed by atoms with E-state index in [9.17, 15) is 4.39 Å². The van der Waals surface area contributed by atoms with Gasteiger partial charge < -0.3 is 4.74 Å². The molecule has 1 fully saturated rings. The van der Waals surface area contributed by atoms with E-state index in [1.165, 1.54) is 0 Å². The van der Waals surface area contributed by atoms with Crippen molar-refractivity contribution >= 4 is 0 Å². The van der Waals surface area contributed by atoms with Crippen molar-refractivity contribution in [3.05, 3.63) is 71.8 Å². The fourth-order valence-electron chi connectivity index (χ4n) is 3.69. The van der Waals surface area contributed by atoms with Crippen molar-refractivity contribution in [2.45, 2.75) is 30.9 Å². The maximum Gasteiger partial charge on any atom is 0.189 e. The molecule has 0 radical (unpaired) electrons. The number of rotatable bonds is 5. The van der Waals surface area contributed by atoms with E-state index in [-0.39, 0.29) is 0 Å². The van der Waals surface area contributed by atoms with Gasteiger partial charge in [-0.05, 0) is 30.4 Å². The molecule has 0 saturated carbocycles. The SMILES string of the molecule is NN1CCCCC1(c1ccccc1)C(OCF)c1ccccc1. The summed E-state index contributed by atoms with van der Waals surface area (Å²) in [5.41, 5.74) is 1.48. The lowest BCUT2D eigenvalue weighted by Crippen LogP contribution is -2.57. The van der Waals surface area contributed by atoms with Gasteiger partial charge in [0.1, 0.15) is 6.10 Å². The summed E-state index contributed by atoms with van der Waals surface area (Å²) in [7, 11) is 0. The molecule has 1 saturated heterocycles. The Morgan fingerprint density at radius 2 is 1.70 bits per heavy atom. The van der Waals surface area contributed by atoms with Crippen molar-refractivity contribution in [3.8, 4) is 0 Å². The van der Waals surface area contributed by atoms with E-state index in [0.717, 1.165) is 36.9 Å². The molecule has 0 spiro atoms. The van der Waals surface area contributed by atoms with Gasteiger partial charge in [0.05, 0.1) is 5.54 Å². The molecule has 122 valence electrons. The number of nitrogens with two attached hydrogens (primary N) is 1. The quantitative estimate of drug-likeness (QED) is 0.850. The Morgan fingerprint density at radius 3 is 2.30 bits per heavy atom. The lowest BCUT2D eigenvalue weighted by Gasteiger charge is -2.49. The van der Waals surface area contributed by atoms with Crippen LogP contribution in [0.4, 0.5) is 4.39 Å². The van der Waals surface area contributed by atoms with E-state index in [1.807, 2.05) is 53.5 Å². The normalized spacial score (nSPS) is 23.6. The van der Waals surface area contributed by atoms with Crippen molar-refractivity contribution in [2.24, 2.45) is 5.84 Å². The van der Waals surface area contributed by atoms with Crippen LogP contribution in [0.25, 0.3) is 0 Å². The number of halogens is 1. The van der Waals surface area contributed by atoms with Crippen molar-refractivity contribution in [2.75, 3.05) is 13.4 Å². The number of hydrogen-bond acceptors (Lipinski definition) is 3. The molecule has 2 aromatic carbocycles. The highest BCUT2D eigenvalue weighted by atomic mass is 19.1. The molecular weight excluding hydrogens is 291 g/mol. The van der Waals surface area contributed by atoms with Gasteiger partial charge in [0.25, 0.3) is 0 Å². The summed E-state index contributed by atoms with van der Waals surface area (Å²) in [4.78, 5) is 0. The highest BCUT2D eigenvalue weighted by molar-refractivity contribution is 5.32. The van der Waals surface area contributed by atoms with Gasteiger partial charge in [-0.1, -0.05) is 60.7 Å². The summed E-state index contributed by atoms with van der Waals surface area (Å²) in [6, 6.07) is 19.9. The van der Waals surface area contributed by atoms with E-state index in [1.54, 1.807) is 0 Å². The van der Waals surface area contributed by atoms with Gasteiger partial charge in [0.2, 0.25) is 0 Å². The molecule has 0 aliphatic carbocycles. The molecular formula is C19H23FN2O. The van der Waals surface area contributed by atoms with Crippen molar-refractivity contribution in [1.82, 2.24) is 5.01 Å². The monoisotopic (exact) mass is 314 g/mol. The Balaban J connectivity index is 2.12. The van der Waals surface area contributed by atoms with Crippen LogP contribution in [0.15, 0.2) is 60.7 Å². The van der Waals surface area contributed by atoms with Gasteiger partial charge in [0, 0.05) is 6.54 Å². The van der Waals surface area contributed by atoms with Crippen LogP contribution < -0.4 is 5.84 Å². The number of hydrogen-bond donors (Lipinski definition) is 1. The smallest absolute Gasteiger partial charge is 0.189 e. The number of alkyl halides is 1. The minimum absolute atomic E-state index is 0.443. The van der Waals surface area contributed by atoms with E-state index >= 15 is 0 Å². The second kappa shape index (κ2) is 7.21. The molecule has 2 atom stereocenters. The maximum atomic E-state index is 13.2. The molecule has 2 unspecified atom stereocenters. The fourth-order valence-corrected chi connectivity index (χ4v) is 3.69. The van der Waals surface area contributed by atoms with E-state index < -0.39 is 18.5 Å². The summed E-state index contributed by atoms with van der Waals surface area (Å²) in [6.07, 6.45) is 2.48. The first-order valence-corrected chi connectivity index (χ1v) is 8.09. The van der Waals surface area contributed by atoms with Crippen LogP contribution in [0.3, 0.4) is 0 Å². The number of ether oxygens (including phenoxy) is 1. The van der Waals surface area contributed by atoms with Crippen LogP contribution in [0, 0.1) is 0 Å². The standard InChI is InChI=1S/C19H23FN2O/c20-15-23-18(16-9-3-1-4-10-16)19(13-7-8-14-22(19)21)17-11-5-2-6-12-17/h1-6,9-12,18H,7-8,13-15,21H2. The van der Waals surface area contributed by atoms with Crippen LogP contribution in [0.5, 0.6) is 0 Å². The topological polar surface area (TPSA) is 38.5 Å². The van der Waals surface area contributed by atoms with Crippen LogP contribution in [-0.4, -0.2) is 18.4 Å². The van der Waals surface area contributed by atoms with E-state index in [4.69, 9.17) is 10.6 Å². The molecule has 3 rings (SSSR count). The summed E-state index contributed by atoms with van der Waals surface area (Å²) in [6.45, 7) is -0.0597. The minimum Gasteiger partial charge on any atom is -0.340 e. The van der Waals surface area contributed by atoms with Gasteiger partial charge in [-0.2, -0.15) is 0 Å². The second-order valence-electron chi connectivity index (χ2n) is 6.01. The molecule has 2 aromatic rings. The van der Waals surface area contributed by atoms with E-state index in [2.05, 4.69) is 12.1 Å². The third-order valence-corrected chi connectivity index (χ3v) is 4.76. The molecule has 1 aliphatic heterocycles. The Hall–Kier alpha value is -1.75. The van der Waals surface area contributed by atoms with Gasteiger partial charge in [-0.25, -0.2) is 9.40 Å². The van der Waals surface area contributed by atoms with Gasteiger partial charge in [-0.15, -0.1) is 0 Å². The minimum atomic E-state index is -0.831. The maximum absolute atomic E-state index is 13.2. The Morgan fingerprint density at radius 1 is 1.04 bits per heavy atom. The second-order valence-corrected chi connectivity index (χ2v) is 6.01. The molecule has 1 aliphatic rings. The molecule has 0 bridgehead atoms. The lowest BCUT2D eigenvalue weighted by molar-refractivity contribution is -0.122. The van der Waals surface area contributed by atoms with Crippen molar-refractivity contribution in [3.63, 3.8) is 0 Å². The average Bonchev–Trinajstić information content (AvgIpc) is 2.62. The predicted molar refractivity (Wildman–Crippen MR) is 89.1 cm³/mol. The number of benzene rings is 2. The highest BCUT2D eigenvalue weighted by Crippen LogP contribution is 2.47. The third kappa shape index (κ3) is 3.02. The van der Waals surface area contributed by atoms with Gasteiger partial charge >= 0.3 is 0 Å². The number of hydrazine groups is 1. The van der Waals surface area contributed by atoms with Gasteiger partial charge in [0.15, 0.2) is 6.86 Å². The average molecular weight is 314 g/mol. The Kier molecular flexibility index (Phi) is 5.06. The Labute approximate surface area is 136 Å². The Bertz CT molecular complexity index is 607. The fraction of sp³-hybridized carbons (Fsp3) is 0.368. The highest BCUT2D eigenvalue weighted by Gasteiger charge is 2.47. The van der Waals surface area contributed by atoms with Crippen LogP contribution in [0.1, 0.15) is 36.5 Å². The predicted octanol–water partition coefficient (Wildman–Crippen LogP) is 3.93. The molecule has 23 heavy (non-hydrogen) atoms. The van der Waals surface area contributed by atoms with Crippen LogP contribution in [0.2, 0.25) is 0 Å². The van der Waals surface area contributed by atoms with Crippen LogP contribution in [-0.2, 0) is 10.3 Å². The zero-order valence-electron chi connectivity index (χ0n) is 13.2. The van der Waals surface area contributed by atoms with Gasteiger partial charge in [-0.3, -0.25) is 5.84 Å². The first-order valence-electron chi connectivity index (χ1n) is 8.09. The first-order chi connectivity index (χ1) is 11.3. The number of piperidine rings is 1. The zero-order valence-corrected chi connectivity index (χ0v) is 13.2. The summed E-state index contributed by atoms with van der Waals surface area (Å²) < 4.78 is 18.8. The molecule has 0 aromatic heterocycles. The summed E-state index contributed by atoms with van der Waals surface area (Å²) >= 11 is 0.